The van der Waals surface area contributed by atoms with Crippen LogP contribution < -0.4 is 10.5 Å². The largest absolute Gasteiger partial charge is 0.489 e. The molecule has 3 rings (SSSR count). The lowest BCUT2D eigenvalue weighted by atomic mass is 10.1. The number of halogens is 3. The van der Waals surface area contributed by atoms with Crippen LogP contribution in [0.3, 0.4) is 0 Å². The highest BCUT2D eigenvalue weighted by Gasteiger charge is 2.17. The highest BCUT2D eigenvalue weighted by atomic mass is 35.5. The molecule has 0 spiro atoms. The lowest BCUT2D eigenvalue weighted by Crippen LogP contribution is -2.17. The fraction of sp³-hybridized carbons (Fsp3) is 0.250. The molecule has 0 aliphatic carbocycles. The van der Waals surface area contributed by atoms with E-state index >= 15 is 0 Å². The standard InChI is InChI=1S/C20H19Cl2FN4O3/c1-11(20(28)29-2)27-10-13(9-26-27)12-7-17(19(24)25-8-12)30-6-5-14-15(21)3-4-16(23)18(14)22/h3-4,7-11H,5-6H2,1-2H3,(H2,24,25). The fourth-order valence-electron chi connectivity index (χ4n) is 2.77. The number of methoxy groups -OCH3 is 1. The van der Waals surface area contributed by atoms with E-state index in [-0.39, 0.29) is 23.9 Å². The molecule has 0 bridgehead atoms. The predicted molar refractivity (Wildman–Crippen MR) is 112 cm³/mol. The number of nitrogen functional groups attached to an aromatic ring is 1. The van der Waals surface area contributed by atoms with Crippen molar-refractivity contribution >= 4 is 35.0 Å². The van der Waals surface area contributed by atoms with Gasteiger partial charge in [-0.1, -0.05) is 23.2 Å². The summed E-state index contributed by atoms with van der Waals surface area (Å²) in [6.45, 7) is 1.85. The number of rotatable bonds is 7. The smallest absolute Gasteiger partial charge is 0.330 e. The zero-order valence-corrected chi connectivity index (χ0v) is 17.7. The zero-order chi connectivity index (χ0) is 21.8. The maximum atomic E-state index is 13.6. The van der Waals surface area contributed by atoms with Gasteiger partial charge in [0.25, 0.3) is 0 Å². The normalized spacial score (nSPS) is 11.9. The van der Waals surface area contributed by atoms with Crippen LogP contribution in [0, 0.1) is 5.82 Å². The average molecular weight is 453 g/mol. The van der Waals surface area contributed by atoms with E-state index in [9.17, 15) is 9.18 Å². The van der Waals surface area contributed by atoms with Gasteiger partial charge >= 0.3 is 5.97 Å². The van der Waals surface area contributed by atoms with E-state index in [1.807, 2.05) is 0 Å². The van der Waals surface area contributed by atoms with Crippen LogP contribution >= 0.6 is 23.2 Å². The molecule has 1 unspecified atom stereocenters. The van der Waals surface area contributed by atoms with Crippen LogP contribution in [0.2, 0.25) is 10.0 Å². The molecule has 3 aromatic rings. The molecule has 1 atom stereocenters. The summed E-state index contributed by atoms with van der Waals surface area (Å²) < 4.78 is 25.6. The van der Waals surface area contributed by atoms with Crippen LogP contribution in [-0.2, 0) is 16.0 Å². The Labute approximate surface area is 182 Å². The van der Waals surface area contributed by atoms with Crippen molar-refractivity contribution in [2.45, 2.75) is 19.4 Å². The zero-order valence-electron chi connectivity index (χ0n) is 16.2. The van der Waals surface area contributed by atoms with Gasteiger partial charge in [-0.15, -0.1) is 0 Å². The Balaban J connectivity index is 1.74. The third kappa shape index (κ3) is 4.66. The van der Waals surface area contributed by atoms with Gasteiger partial charge in [0.1, 0.15) is 11.9 Å². The quantitative estimate of drug-likeness (QED) is 0.423. The summed E-state index contributed by atoms with van der Waals surface area (Å²) in [6, 6.07) is 3.80. The highest BCUT2D eigenvalue weighted by molar-refractivity contribution is 6.36. The molecular weight excluding hydrogens is 434 g/mol. The number of hydrogen-bond donors (Lipinski definition) is 1. The van der Waals surface area contributed by atoms with Crippen LogP contribution in [0.25, 0.3) is 11.1 Å². The number of pyridine rings is 1. The first-order chi connectivity index (χ1) is 14.3. The third-order valence-corrected chi connectivity index (χ3v) is 5.27. The average Bonchev–Trinajstić information content (AvgIpc) is 3.23. The Morgan fingerprint density at radius 3 is 2.80 bits per heavy atom. The van der Waals surface area contributed by atoms with Gasteiger partial charge in [0.2, 0.25) is 0 Å². The van der Waals surface area contributed by atoms with Gasteiger partial charge in [-0.3, -0.25) is 4.68 Å². The summed E-state index contributed by atoms with van der Waals surface area (Å²) in [4.78, 5) is 15.8. The van der Waals surface area contributed by atoms with Gasteiger partial charge in [-0.25, -0.2) is 14.2 Å². The Morgan fingerprint density at radius 2 is 2.07 bits per heavy atom. The van der Waals surface area contributed by atoms with Crippen molar-refractivity contribution in [3.05, 3.63) is 58.2 Å². The molecule has 0 radical (unpaired) electrons. The molecule has 0 fully saturated rings. The molecule has 158 valence electrons. The lowest BCUT2D eigenvalue weighted by Gasteiger charge is -2.12. The molecule has 1 aromatic carbocycles. The van der Waals surface area contributed by atoms with Gasteiger partial charge < -0.3 is 15.2 Å². The van der Waals surface area contributed by atoms with Gasteiger partial charge in [0.05, 0.1) is 24.9 Å². The number of aromatic nitrogens is 3. The topological polar surface area (TPSA) is 92.3 Å². The molecule has 0 saturated carbocycles. The molecule has 10 heteroatoms. The van der Waals surface area contributed by atoms with Gasteiger partial charge in [0, 0.05) is 35.0 Å². The van der Waals surface area contributed by atoms with Crippen molar-refractivity contribution in [2.24, 2.45) is 0 Å². The predicted octanol–water partition coefficient (Wildman–Crippen LogP) is 4.33. The summed E-state index contributed by atoms with van der Waals surface area (Å²) in [5.41, 5.74) is 7.79. The SMILES string of the molecule is COC(=O)C(C)n1cc(-c2cnc(N)c(OCCc3c(Cl)ccc(F)c3Cl)c2)cn1. The van der Waals surface area contributed by atoms with E-state index in [1.54, 1.807) is 31.6 Å². The molecule has 7 nitrogen and oxygen atoms in total. The number of nitrogens with two attached hydrogens (primary N) is 1. The molecule has 2 heterocycles. The van der Waals surface area contributed by atoms with Crippen molar-refractivity contribution in [1.82, 2.24) is 14.8 Å². The molecular formula is C20H19Cl2FN4O3. The number of anilines is 1. The lowest BCUT2D eigenvalue weighted by molar-refractivity contribution is -0.144. The second kappa shape index (κ2) is 9.32. The van der Waals surface area contributed by atoms with Crippen LogP contribution in [-0.4, -0.2) is 34.5 Å². The van der Waals surface area contributed by atoms with E-state index in [2.05, 4.69) is 10.1 Å². The van der Waals surface area contributed by atoms with E-state index < -0.39 is 17.8 Å². The summed E-state index contributed by atoms with van der Waals surface area (Å²) in [7, 11) is 1.32. The minimum absolute atomic E-state index is 0.0295. The van der Waals surface area contributed by atoms with Crippen molar-refractivity contribution in [2.75, 3.05) is 19.5 Å². The van der Waals surface area contributed by atoms with Gasteiger partial charge in [-0.2, -0.15) is 5.10 Å². The maximum Gasteiger partial charge on any atom is 0.330 e. The summed E-state index contributed by atoms with van der Waals surface area (Å²) in [6.07, 6.45) is 5.16. The number of esters is 1. The number of hydrogen-bond acceptors (Lipinski definition) is 6. The molecule has 30 heavy (non-hydrogen) atoms. The van der Waals surface area contributed by atoms with E-state index in [0.717, 1.165) is 5.56 Å². The van der Waals surface area contributed by atoms with E-state index in [0.29, 0.717) is 21.9 Å². The van der Waals surface area contributed by atoms with E-state index in [1.165, 1.54) is 23.9 Å². The molecule has 2 aromatic heterocycles. The van der Waals surface area contributed by atoms with Crippen molar-refractivity contribution in [3.8, 4) is 16.9 Å². The molecule has 0 amide bonds. The Kier molecular flexibility index (Phi) is 6.79. The first-order valence-corrected chi connectivity index (χ1v) is 9.70. The number of carbonyl (C=O) groups is 1. The fourth-order valence-corrected chi connectivity index (χ4v) is 3.33. The van der Waals surface area contributed by atoms with Crippen LogP contribution in [0.5, 0.6) is 5.75 Å². The summed E-state index contributed by atoms with van der Waals surface area (Å²) >= 11 is 12.1. The second-order valence-corrected chi connectivity index (χ2v) is 7.22. The maximum absolute atomic E-state index is 13.6. The number of benzene rings is 1. The van der Waals surface area contributed by atoms with Crippen molar-refractivity contribution in [3.63, 3.8) is 0 Å². The molecule has 2 N–H and O–H groups in total. The minimum Gasteiger partial charge on any atom is -0.489 e. The Hall–Kier alpha value is -2.84. The van der Waals surface area contributed by atoms with Crippen molar-refractivity contribution in [1.29, 1.82) is 0 Å². The monoisotopic (exact) mass is 452 g/mol. The number of nitrogens with zero attached hydrogens (tertiary/aromatic N) is 3. The Bertz CT molecular complexity index is 1070. The first kappa shape index (κ1) is 21.9. The third-order valence-electron chi connectivity index (χ3n) is 4.50. The first-order valence-electron chi connectivity index (χ1n) is 8.94. The summed E-state index contributed by atoms with van der Waals surface area (Å²) in [5, 5.41) is 4.52. The van der Waals surface area contributed by atoms with Crippen molar-refractivity contribution < 1.29 is 18.7 Å². The highest BCUT2D eigenvalue weighted by Crippen LogP contribution is 2.30. The summed E-state index contributed by atoms with van der Waals surface area (Å²) in [5.74, 6) is -0.397. The van der Waals surface area contributed by atoms with Crippen LogP contribution in [0.1, 0.15) is 18.5 Å². The van der Waals surface area contributed by atoms with E-state index in [4.69, 9.17) is 38.4 Å². The molecule has 0 aliphatic rings. The second-order valence-electron chi connectivity index (χ2n) is 6.44. The molecule has 0 aliphatic heterocycles. The molecule has 0 saturated heterocycles. The van der Waals surface area contributed by atoms with Gasteiger partial charge in [0.15, 0.2) is 11.6 Å². The van der Waals surface area contributed by atoms with Gasteiger partial charge in [-0.05, 0) is 30.7 Å². The number of ether oxygens (including phenoxy) is 2. The van der Waals surface area contributed by atoms with Crippen LogP contribution in [0.4, 0.5) is 10.2 Å². The Morgan fingerprint density at radius 1 is 1.30 bits per heavy atom. The minimum atomic E-state index is -0.568. The van der Waals surface area contributed by atoms with Crippen LogP contribution in [0.15, 0.2) is 36.8 Å². The number of carbonyl (C=O) groups excluding carboxylic acids is 1.